The van der Waals surface area contributed by atoms with E-state index in [1.165, 1.54) is 20.1 Å². The lowest BCUT2D eigenvalue weighted by atomic mass is 9.92. The van der Waals surface area contributed by atoms with Crippen molar-refractivity contribution >= 4 is 11.9 Å². The summed E-state index contributed by atoms with van der Waals surface area (Å²) in [6.45, 7) is 5.07. The van der Waals surface area contributed by atoms with E-state index in [4.69, 9.17) is 9.47 Å². The molecule has 0 unspecified atom stereocenters. The molecular weight excluding hydrogens is 284 g/mol. The van der Waals surface area contributed by atoms with Gasteiger partial charge in [0.15, 0.2) is 0 Å². The highest BCUT2D eigenvalue weighted by atomic mass is 16.5. The molecule has 1 aromatic rings. The summed E-state index contributed by atoms with van der Waals surface area (Å²) in [5, 5.41) is 0. The highest BCUT2D eigenvalue weighted by Gasteiger charge is 2.20. The molecule has 120 valence electrons. The van der Waals surface area contributed by atoms with Crippen LogP contribution in [0.5, 0.6) is 5.75 Å². The predicted octanol–water partition coefficient (Wildman–Crippen LogP) is 2.77. The summed E-state index contributed by atoms with van der Waals surface area (Å²) in [6, 6.07) is 5.69. The van der Waals surface area contributed by atoms with Crippen LogP contribution in [0.3, 0.4) is 0 Å². The molecule has 0 N–H and O–H groups in total. The van der Waals surface area contributed by atoms with E-state index in [0.717, 1.165) is 16.9 Å². The number of ether oxygens (including phenoxy) is 3. The van der Waals surface area contributed by atoms with Gasteiger partial charge in [-0.25, -0.2) is 4.79 Å². The molecule has 0 bridgehead atoms. The average Bonchev–Trinajstić information content (AvgIpc) is 2.46. The molecule has 5 heteroatoms. The number of esters is 2. The van der Waals surface area contributed by atoms with Crippen LogP contribution in [0, 0.1) is 6.92 Å². The lowest BCUT2D eigenvalue weighted by molar-refractivity contribution is -0.145. The second-order valence-electron chi connectivity index (χ2n) is 4.95. The van der Waals surface area contributed by atoms with Gasteiger partial charge in [0, 0.05) is 18.9 Å². The maximum Gasteiger partial charge on any atom is 0.330 e. The van der Waals surface area contributed by atoms with Crippen molar-refractivity contribution in [3.05, 3.63) is 41.5 Å². The molecule has 0 fully saturated rings. The molecule has 0 spiro atoms. The van der Waals surface area contributed by atoms with E-state index in [9.17, 15) is 9.59 Å². The minimum Gasteiger partial charge on any atom is -0.496 e. The van der Waals surface area contributed by atoms with Crippen LogP contribution in [0.15, 0.2) is 30.4 Å². The van der Waals surface area contributed by atoms with Gasteiger partial charge in [-0.15, -0.1) is 0 Å². The fourth-order valence-corrected chi connectivity index (χ4v) is 2.23. The van der Waals surface area contributed by atoms with Gasteiger partial charge in [0.05, 0.1) is 14.2 Å². The van der Waals surface area contributed by atoms with Gasteiger partial charge in [-0.05, 0) is 31.0 Å². The second-order valence-corrected chi connectivity index (χ2v) is 4.95. The highest BCUT2D eigenvalue weighted by molar-refractivity contribution is 5.82. The van der Waals surface area contributed by atoms with Crippen LogP contribution in [-0.4, -0.2) is 32.3 Å². The monoisotopic (exact) mass is 306 g/mol. The summed E-state index contributed by atoms with van der Waals surface area (Å²) in [5.74, 6) is -0.299. The van der Waals surface area contributed by atoms with Crippen LogP contribution in [-0.2, 0) is 19.1 Å². The van der Waals surface area contributed by atoms with Crippen LogP contribution in [0.4, 0.5) is 0 Å². The third-order valence-electron chi connectivity index (χ3n) is 3.30. The Kier molecular flexibility index (Phi) is 6.63. The van der Waals surface area contributed by atoms with Gasteiger partial charge in [0.2, 0.25) is 0 Å². The molecule has 0 aliphatic carbocycles. The minimum absolute atomic E-state index is 0.257. The molecule has 5 nitrogen and oxygen atoms in total. The van der Waals surface area contributed by atoms with Gasteiger partial charge in [-0.2, -0.15) is 0 Å². The third-order valence-corrected chi connectivity index (χ3v) is 3.30. The molecule has 1 aromatic carbocycles. The van der Waals surface area contributed by atoms with E-state index in [-0.39, 0.29) is 11.9 Å². The van der Waals surface area contributed by atoms with E-state index in [1.807, 2.05) is 25.1 Å². The van der Waals surface area contributed by atoms with E-state index in [1.54, 1.807) is 20.1 Å². The average molecular weight is 306 g/mol. The van der Waals surface area contributed by atoms with Gasteiger partial charge in [-0.3, -0.25) is 4.79 Å². The zero-order chi connectivity index (χ0) is 16.7. The molecule has 0 saturated heterocycles. The Morgan fingerprint density at radius 3 is 2.41 bits per heavy atom. The lowest BCUT2D eigenvalue weighted by Crippen LogP contribution is -2.20. The highest BCUT2D eigenvalue weighted by Crippen LogP contribution is 2.28. The van der Waals surface area contributed by atoms with Crippen molar-refractivity contribution in [1.29, 1.82) is 0 Å². The van der Waals surface area contributed by atoms with Gasteiger partial charge in [0.1, 0.15) is 11.9 Å². The topological polar surface area (TPSA) is 61.8 Å². The second kappa shape index (κ2) is 8.22. The Morgan fingerprint density at radius 1 is 1.23 bits per heavy atom. The number of rotatable bonds is 6. The van der Waals surface area contributed by atoms with Crippen molar-refractivity contribution in [2.24, 2.45) is 0 Å². The van der Waals surface area contributed by atoms with Crippen molar-refractivity contribution in [3.63, 3.8) is 0 Å². The maximum atomic E-state index is 11.3. The Hall–Kier alpha value is -2.30. The molecule has 0 amide bonds. The fourth-order valence-electron chi connectivity index (χ4n) is 2.23. The SMILES string of the molecule is COC(=O)/C=C/[C@H](c1ccc(OC)c(C)c1)[C@@H](C)OC(C)=O. The molecule has 2 atom stereocenters. The molecule has 0 radical (unpaired) electrons. The zero-order valence-electron chi connectivity index (χ0n) is 13.6. The summed E-state index contributed by atoms with van der Waals surface area (Å²) < 4.78 is 15.1. The third kappa shape index (κ3) is 4.91. The zero-order valence-corrected chi connectivity index (χ0v) is 13.6. The molecular formula is C17H22O5. The summed E-state index contributed by atoms with van der Waals surface area (Å²) in [6.07, 6.45) is 2.61. The summed E-state index contributed by atoms with van der Waals surface area (Å²) in [4.78, 5) is 22.5. The van der Waals surface area contributed by atoms with Crippen molar-refractivity contribution < 1.29 is 23.8 Å². The Balaban J connectivity index is 3.13. The minimum atomic E-state index is -0.453. The van der Waals surface area contributed by atoms with Gasteiger partial charge >= 0.3 is 11.9 Å². The standard InChI is InChI=1S/C17H22O5/c1-11-10-14(6-8-16(11)20-4)15(7-9-17(19)21-5)12(2)22-13(3)18/h6-10,12,15H,1-5H3/b9-7+/t12-,15+/m1/s1. The van der Waals surface area contributed by atoms with Crippen molar-refractivity contribution in [1.82, 2.24) is 0 Å². The van der Waals surface area contributed by atoms with Crippen LogP contribution in [0.1, 0.15) is 30.9 Å². The van der Waals surface area contributed by atoms with E-state index in [0.29, 0.717) is 0 Å². The summed E-state index contributed by atoms with van der Waals surface area (Å²) in [7, 11) is 2.92. The largest absolute Gasteiger partial charge is 0.496 e. The summed E-state index contributed by atoms with van der Waals surface area (Å²) >= 11 is 0. The molecule has 0 aliphatic rings. The first-order valence-corrected chi connectivity index (χ1v) is 6.97. The van der Waals surface area contributed by atoms with Gasteiger partial charge in [-0.1, -0.05) is 18.2 Å². The van der Waals surface area contributed by atoms with Crippen LogP contribution < -0.4 is 4.74 Å². The van der Waals surface area contributed by atoms with Crippen molar-refractivity contribution in [2.45, 2.75) is 32.8 Å². The molecule has 1 rings (SSSR count). The molecule has 0 heterocycles. The number of aryl methyl sites for hydroxylation is 1. The van der Waals surface area contributed by atoms with E-state index >= 15 is 0 Å². The fraction of sp³-hybridized carbons (Fsp3) is 0.412. The Labute approximate surface area is 130 Å². The number of benzene rings is 1. The van der Waals surface area contributed by atoms with Crippen molar-refractivity contribution in [3.8, 4) is 5.75 Å². The smallest absolute Gasteiger partial charge is 0.330 e. The quantitative estimate of drug-likeness (QED) is 0.597. The number of hydrogen-bond acceptors (Lipinski definition) is 5. The van der Waals surface area contributed by atoms with E-state index < -0.39 is 12.1 Å². The molecule has 0 aliphatic heterocycles. The number of carbonyl (C=O) groups is 2. The first-order valence-electron chi connectivity index (χ1n) is 6.97. The number of carbonyl (C=O) groups excluding carboxylic acids is 2. The first-order chi connectivity index (χ1) is 10.4. The Morgan fingerprint density at radius 2 is 1.91 bits per heavy atom. The molecule has 0 saturated carbocycles. The molecule has 22 heavy (non-hydrogen) atoms. The normalized spacial score (nSPS) is 13.5. The number of methoxy groups -OCH3 is 2. The Bertz CT molecular complexity index is 562. The predicted molar refractivity (Wildman–Crippen MR) is 82.9 cm³/mol. The van der Waals surface area contributed by atoms with Gasteiger partial charge < -0.3 is 14.2 Å². The van der Waals surface area contributed by atoms with Crippen molar-refractivity contribution in [2.75, 3.05) is 14.2 Å². The molecule has 0 aromatic heterocycles. The summed E-state index contributed by atoms with van der Waals surface area (Å²) in [5.41, 5.74) is 1.89. The van der Waals surface area contributed by atoms with Crippen LogP contribution >= 0.6 is 0 Å². The van der Waals surface area contributed by atoms with Crippen LogP contribution in [0.2, 0.25) is 0 Å². The van der Waals surface area contributed by atoms with Crippen LogP contribution in [0.25, 0.3) is 0 Å². The maximum absolute atomic E-state index is 11.3. The van der Waals surface area contributed by atoms with E-state index in [2.05, 4.69) is 4.74 Å². The number of hydrogen-bond donors (Lipinski definition) is 0. The lowest BCUT2D eigenvalue weighted by Gasteiger charge is -2.22. The first kappa shape index (κ1) is 17.8. The van der Waals surface area contributed by atoms with Gasteiger partial charge in [0.25, 0.3) is 0 Å².